The molecule has 7 heteroatoms. The second kappa shape index (κ2) is 8.56. The Morgan fingerprint density at radius 1 is 0.906 bits per heavy atom. The minimum atomic E-state index is 0.227. The first-order valence-corrected chi connectivity index (χ1v) is 11.0. The molecule has 7 nitrogen and oxygen atoms in total. The molecule has 0 unspecified atom stereocenters. The molecule has 2 aliphatic heterocycles. The van der Waals surface area contributed by atoms with E-state index in [1.807, 2.05) is 18.2 Å². The van der Waals surface area contributed by atoms with E-state index >= 15 is 0 Å². The largest absolute Gasteiger partial charge is 0.493 e. The van der Waals surface area contributed by atoms with Gasteiger partial charge in [-0.25, -0.2) is 0 Å². The van der Waals surface area contributed by atoms with Crippen LogP contribution in [0.4, 0.5) is 0 Å². The highest BCUT2D eigenvalue weighted by Gasteiger charge is 2.25. The number of aliphatic hydroxyl groups is 1. The third kappa shape index (κ3) is 3.45. The Balaban J connectivity index is 1.72. The second-order valence-electron chi connectivity index (χ2n) is 8.43. The fourth-order valence-electron chi connectivity index (χ4n) is 4.93. The predicted octanol–water partition coefficient (Wildman–Crippen LogP) is 3.95. The first-order valence-electron chi connectivity index (χ1n) is 11.0. The van der Waals surface area contributed by atoms with Gasteiger partial charge in [0, 0.05) is 18.5 Å². The summed E-state index contributed by atoms with van der Waals surface area (Å²) in [5.74, 6) is 3.75. The molecule has 32 heavy (non-hydrogen) atoms. The molecular formula is C25H29NO6. The Morgan fingerprint density at radius 2 is 1.62 bits per heavy atom. The summed E-state index contributed by atoms with van der Waals surface area (Å²) in [7, 11) is 4.92. The summed E-state index contributed by atoms with van der Waals surface area (Å²) in [6, 6.07) is 8.32. The maximum Gasteiger partial charge on any atom is 0.231 e. The second-order valence-corrected chi connectivity index (χ2v) is 8.43. The maximum atomic E-state index is 9.49. The van der Waals surface area contributed by atoms with Crippen LogP contribution in [0.1, 0.15) is 18.4 Å². The zero-order valence-electron chi connectivity index (χ0n) is 18.8. The SMILES string of the molecule is COc1cc2c(CN3CCC(CO)CC3)cc3cc4c(cc3c2c(OC)c1OC)OCO4. The number of ether oxygens (including phenoxy) is 5. The number of piperidine rings is 1. The molecule has 0 amide bonds. The molecule has 0 atom stereocenters. The lowest BCUT2D eigenvalue weighted by atomic mass is 9.93. The number of nitrogens with zero attached hydrogens (tertiary/aromatic N) is 1. The number of benzene rings is 3. The number of fused-ring (bicyclic) bond motifs is 4. The van der Waals surface area contributed by atoms with E-state index < -0.39 is 0 Å². The van der Waals surface area contributed by atoms with Gasteiger partial charge in [0.05, 0.1) is 21.3 Å². The van der Waals surface area contributed by atoms with E-state index in [0.29, 0.717) is 23.2 Å². The molecule has 3 aromatic rings. The average Bonchev–Trinajstić information content (AvgIpc) is 3.29. The van der Waals surface area contributed by atoms with E-state index in [2.05, 4.69) is 11.0 Å². The van der Waals surface area contributed by atoms with Crippen LogP contribution >= 0.6 is 0 Å². The number of hydrogen-bond acceptors (Lipinski definition) is 7. The van der Waals surface area contributed by atoms with Crippen LogP contribution < -0.4 is 23.7 Å². The van der Waals surface area contributed by atoms with Gasteiger partial charge in [0.1, 0.15) is 0 Å². The van der Waals surface area contributed by atoms with Gasteiger partial charge in [-0.2, -0.15) is 0 Å². The fraction of sp³-hybridized carbons (Fsp3) is 0.440. The minimum absolute atomic E-state index is 0.227. The number of rotatable bonds is 6. The van der Waals surface area contributed by atoms with Crippen LogP contribution in [0, 0.1) is 5.92 Å². The number of likely N-dealkylation sites (tertiary alicyclic amines) is 1. The van der Waals surface area contributed by atoms with E-state index in [1.54, 1.807) is 21.3 Å². The van der Waals surface area contributed by atoms with E-state index in [-0.39, 0.29) is 13.4 Å². The molecule has 3 aromatic carbocycles. The van der Waals surface area contributed by atoms with Crippen molar-refractivity contribution in [3.05, 3.63) is 29.8 Å². The van der Waals surface area contributed by atoms with Gasteiger partial charge in [-0.3, -0.25) is 4.90 Å². The molecule has 2 heterocycles. The van der Waals surface area contributed by atoms with Gasteiger partial charge in [0.25, 0.3) is 0 Å². The summed E-state index contributed by atoms with van der Waals surface area (Å²) >= 11 is 0. The Hall–Kier alpha value is -2.90. The monoisotopic (exact) mass is 439 g/mol. The van der Waals surface area contributed by atoms with Gasteiger partial charge in [-0.15, -0.1) is 0 Å². The van der Waals surface area contributed by atoms with Crippen molar-refractivity contribution < 1.29 is 28.8 Å². The fourth-order valence-corrected chi connectivity index (χ4v) is 4.93. The van der Waals surface area contributed by atoms with E-state index in [4.69, 9.17) is 23.7 Å². The highest BCUT2D eigenvalue weighted by Crippen LogP contribution is 2.49. The van der Waals surface area contributed by atoms with E-state index in [1.165, 1.54) is 5.56 Å². The Labute approximate surface area is 187 Å². The van der Waals surface area contributed by atoms with Gasteiger partial charge in [-0.1, -0.05) is 0 Å². The van der Waals surface area contributed by atoms with Crippen molar-refractivity contribution in [2.45, 2.75) is 19.4 Å². The lowest BCUT2D eigenvalue weighted by Gasteiger charge is -2.31. The van der Waals surface area contributed by atoms with Crippen LogP contribution in [-0.2, 0) is 6.54 Å². The molecule has 0 spiro atoms. The van der Waals surface area contributed by atoms with Crippen molar-refractivity contribution in [3.8, 4) is 28.7 Å². The molecule has 1 N–H and O–H groups in total. The standard InChI is InChI=1S/C25H29NO6/c1-28-22-11-19-17(12-26-6-4-15(13-27)5-7-26)8-16-9-20-21(32-14-31-20)10-18(16)23(19)25(30-3)24(22)29-2/h8-11,15,27H,4-7,12-14H2,1-3H3. The topological polar surface area (TPSA) is 69.6 Å². The lowest BCUT2D eigenvalue weighted by Crippen LogP contribution is -2.34. The Kier molecular flexibility index (Phi) is 5.61. The molecule has 2 aliphatic rings. The molecule has 0 bridgehead atoms. The highest BCUT2D eigenvalue weighted by atomic mass is 16.7. The van der Waals surface area contributed by atoms with Crippen LogP contribution in [0.25, 0.3) is 21.5 Å². The van der Waals surface area contributed by atoms with Gasteiger partial charge in [-0.05, 0) is 77.8 Å². The molecule has 170 valence electrons. The highest BCUT2D eigenvalue weighted by molar-refractivity contribution is 6.14. The first-order chi connectivity index (χ1) is 15.7. The third-order valence-corrected chi connectivity index (χ3v) is 6.68. The molecule has 0 radical (unpaired) electrons. The Bertz CT molecular complexity index is 1150. The molecule has 0 aliphatic carbocycles. The molecular weight excluding hydrogens is 410 g/mol. The van der Waals surface area contributed by atoms with Crippen molar-refractivity contribution in [2.75, 3.05) is 47.8 Å². The van der Waals surface area contributed by atoms with Crippen molar-refractivity contribution >= 4 is 21.5 Å². The van der Waals surface area contributed by atoms with Crippen LogP contribution in [-0.4, -0.2) is 57.8 Å². The quantitative estimate of drug-likeness (QED) is 0.583. The number of aliphatic hydroxyl groups excluding tert-OH is 1. The Morgan fingerprint density at radius 3 is 2.28 bits per heavy atom. The zero-order chi connectivity index (χ0) is 22.2. The predicted molar refractivity (Wildman–Crippen MR) is 122 cm³/mol. The molecule has 1 saturated heterocycles. The molecule has 0 saturated carbocycles. The third-order valence-electron chi connectivity index (χ3n) is 6.68. The first kappa shape index (κ1) is 21.0. The van der Waals surface area contributed by atoms with E-state index in [9.17, 15) is 5.11 Å². The van der Waals surface area contributed by atoms with Gasteiger partial charge >= 0.3 is 0 Å². The molecule has 1 fully saturated rings. The lowest BCUT2D eigenvalue weighted by molar-refractivity contribution is 0.127. The van der Waals surface area contributed by atoms with Crippen molar-refractivity contribution in [3.63, 3.8) is 0 Å². The summed E-state index contributed by atoms with van der Waals surface area (Å²) in [6.45, 7) is 3.24. The van der Waals surface area contributed by atoms with Crippen molar-refractivity contribution in [2.24, 2.45) is 5.92 Å². The van der Waals surface area contributed by atoms with Gasteiger partial charge in [0.2, 0.25) is 12.5 Å². The summed E-state index contributed by atoms with van der Waals surface area (Å²) in [5.41, 5.74) is 1.19. The van der Waals surface area contributed by atoms with Crippen LogP contribution in [0.15, 0.2) is 24.3 Å². The summed E-state index contributed by atoms with van der Waals surface area (Å²) in [6.07, 6.45) is 2.03. The van der Waals surface area contributed by atoms with Crippen LogP contribution in [0.3, 0.4) is 0 Å². The van der Waals surface area contributed by atoms with Crippen molar-refractivity contribution in [1.29, 1.82) is 0 Å². The number of methoxy groups -OCH3 is 3. The van der Waals surface area contributed by atoms with Gasteiger partial charge in [0.15, 0.2) is 23.0 Å². The number of hydrogen-bond donors (Lipinski definition) is 1. The smallest absolute Gasteiger partial charge is 0.231 e. The average molecular weight is 440 g/mol. The normalized spacial score (nSPS) is 16.6. The van der Waals surface area contributed by atoms with Gasteiger partial charge < -0.3 is 28.8 Å². The molecule has 5 rings (SSSR count). The minimum Gasteiger partial charge on any atom is -0.493 e. The molecule has 0 aromatic heterocycles. The maximum absolute atomic E-state index is 9.49. The van der Waals surface area contributed by atoms with E-state index in [0.717, 1.165) is 65.5 Å². The van der Waals surface area contributed by atoms with Crippen LogP contribution in [0.5, 0.6) is 28.7 Å². The van der Waals surface area contributed by atoms with Crippen molar-refractivity contribution in [1.82, 2.24) is 4.90 Å². The zero-order valence-corrected chi connectivity index (χ0v) is 18.8. The van der Waals surface area contributed by atoms with Crippen LogP contribution in [0.2, 0.25) is 0 Å². The summed E-state index contributed by atoms with van der Waals surface area (Å²) in [4.78, 5) is 2.45. The summed E-state index contributed by atoms with van der Waals surface area (Å²) in [5, 5.41) is 13.6. The summed E-state index contributed by atoms with van der Waals surface area (Å²) < 4.78 is 28.5.